The molecule has 1 N–H and O–H groups in total. The second-order valence-corrected chi connectivity index (χ2v) is 7.44. The fourth-order valence-electron chi connectivity index (χ4n) is 4.11. The summed E-state index contributed by atoms with van der Waals surface area (Å²) in [5.74, 6) is 0.0404. The number of hydrogen-bond acceptors (Lipinski definition) is 3. The molecule has 0 unspecified atom stereocenters. The monoisotopic (exact) mass is 328 g/mol. The van der Waals surface area contributed by atoms with Crippen LogP contribution in [-0.2, 0) is 28.9 Å². The number of ether oxygens (including phenoxy) is 1. The van der Waals surface area contributed by atoms with Crippen molar-refractivity contribution in [3.63, 3.8) is 0 Å². The normalized spacial score (nSPS) is 24.9. The van der Waals surface area contributed by atoms with E-state index in [0.29, 0.717) is 13.2 Å². The van der Waals surface area contributed by atoms with E-state index in [0.717, 1.165) is 31.7 Å². The van der Waals surface area contributed by atoms with Crippen LogP contribution in [0.5, 0.6) is 0 Å². The molecule has 0 spiro atoms. The standard InChI is InChI=1S/C20H28N2O2/c23-20(19-5-2-12-24-19)21-14-15-6-7-16-8-10-22(18-3-1-4-18)11-9-17(16)13-15/h6-7,13,18-19H,1-5,8-12,14H2,(H,21,23)/t19-/m1/s1. The van der Waals surface area contributed by atoms with Gasteiger partial charge in [-0.2, -0.15) is 0 Å². The molecule has 24 heavy (non-hydrogen) atoms. The molecular formula is C20H28N2O2. The van der Waals surface area contributed by atoms with Gasteiger partial charge in [-0.15, -0.1) is 0 Å². The van der Waals surface area contributed by atoms with Crippen molar-refractivity contribution in [1.29, 1.82) is 0 Å². The Kier molecular flexibility index (Phi) is 4.86. The summed E-state index contributed by atoms with van der Waals surface area (Å²) in [7, 11) is 0. The molecule has 130 valence electrons. The molecule has 0 bridgehead atoms. The summed E-state index contributed by atoms with van der Waals surface area (Å²) in [5.41, 5.74) is 4.17. The van der Waals surface area contributed by atoms with E-state index in [-0.39, 0.29) is 12.0 Å². The molecule has 4 nitrogen and oxygen atoms in total. The molecule has 1 saturated carbocycles. The fourth-order valence-corrected chi connectivity index (χ4v) is 4.11. The molecule has 1 saturated heterocycles. The Morgan fingerprint density at radius 3 is 2.67 bits per heavy atom. The molecule has 1 atom stereocenters. The fraction of sp³-hybridized carbons (Fsp3) is 0.650. The van der Waals surface area contributed by atoms with Crippen molar-refractivity contribution in [3.8, 4) is 0 Å². The summed E-state index contributed by atoms with van der Waals surface area (Å²) in [6, 6.07) is 7.58. The molecule has 3 aliphatic rings. The average molecular weight is 328 g/mol. The SMILES string of the molecule is O=C(NCc1ccc2c(c1)CCN(C1CCC1)CC2)[C@H]1CCCO1. The Hall–Kier alpha value is -1.39. The van der Waals surface area contributed by atoms with E-state index < -0.39 is 0 Å². The number of benzene rings is 1. The van der Waals surface area contributed by atoms with Crippen LogP contribution in [0.15, 0.2) is 18.2 Å². The summed E-state index contributed by atoms with van der Waals surface area (Å²) in [6.45, 7) is 3.71. The highest BCUT2D eigenvalue weighted by Crippen LogP contribution is 2.27. The smallest absolute Gasteiger partial charge is 0.249 e. The van der Waals surface area contributed by atoms with Crippen LogP contribution < -0.4 is 5.32 Å². The van der Waals surface area contributed by atoms with Gasteiger partial charge in [0.15, 0.2) is 0 Å². The Balaban J connectivity index is 1.35. The van der Waals surface area contributed by atoms with Crippen LogP contribution in [0.2, 0.25) is 0 Å². The van der Waals surface area contributed by atoms with Crippen LogP contribution in [-0.4, -0.2) is 42.6 Å². The molecule has 1 aromatic rings. The van der Waals surface area contributed by atoms with E-state index >= 15 is 0 Å². The van der Waals surface area contributed by atoms with Crippen molar-refractivity contribution in [3.05, 3.63) is 34.9 Å². The van der Waals surface area contributed by atoms with Crippen molar-refractivity contribution in [2.24, 2.45) is 0 Å². The number of carbonyl (C=O) groups excluding carboxylic acids is 1. The van der Waals surface area contributed by atoms with Gasteiger partial charge in [-0.1, -0.05) is 24.6 Å². The minimum Gasteiger partial charge on any atom is -0.368 e. The molecule has 2 aliphatic heterocycles. The molecule has 0 aromatic heterocycles. The molecule has 2 heterocycles. The highest BCUT2D eigenvalue weighted by molar-refractivity contribution is 5.80. The van der Waals surface area contributed by atoms with Gasteiger partial charge in [0.05, 0.1) is 0 Å². The van der Waals surface area contributed by atoms with Gasteiger partial charge >= 0.3 is 0 Å². The number of nitrogens with one attached hydrogen (secondary N) is 1. The van der Waals surface area contributed by atoms with E-state index in [9.17, 15) is 4.79 Å². The quantitative estimate of drug-likeness (QED) is 0.923. The molecule has 1 aliphatic carbocycles. The maximum atomic E-state index is 12.1. The van der Waals surface area contributed by atoms with Gasteiger partial charge in [0.25, 0.3) is 0 Å². The second kappa shape index (κ2) is 7.24. The van der Waals surface area contributed by atoms with Gasteiger partial charge in [0.2, 0.25) is 5.91 Å². The van der Waals surface area contributed by atoms with Gasteiger partial charge in [-0.25, -0.2) is 0 Å². The first-order valence-electron chi connectivity index (χ1n) is 9.53. The molecular weight excluding hydrogens is 300 g/mol. The van der Waals surface area contributed by atoms with Crippen LogP contribution in [0.1, 0.15) is 48.8 Å². The molecule has 0 radical (unpaired) electrons. The first kappa shape index (κ1) is 16.1. The number of carbonyl (C=O) groups is 1. The molecule has 1 amide bonds. The second-order valence-electron chi connectivity index (χ2n) is 7.44. The molecule has 4 heteroatoms. The van der Waals surface area contributed by atoms with E-state index in [2.05, 4.69) is 28.4 Å². The third-order valence-corrected chi connectivity index (χ3v) is 5.89. The molecule has 1 aromatic carbocycles. The summed E-state index contributed by atoms with van der Waals surface area (Å²) in [4.78, 5) is 14.8. The average Bonchev–Trinajstić information content (AvgIpc) is 3.01. The summed E-state index contributed by atoms with van der Waals surface area (Å²) < 4.78 is 5.44. The van der Waals surface area contributed by atoms with Gasteiger partial charge in [0.1, 0.15) is 6.10 Å². The maximum Gasteiger partial charge on any atom is 0.249 e. The van der Waals surface area contributed by atoms with Crippen LogP contribution >= 0.6 is 0 Å². The predicted molar refractivity (Wildman–Crippen MR) is 93.9 cm³/mol. The number of amides is 1. The zero-order chi connectivity index (χ0) is 16.4. The number of nitrogens with zero attached hydrogens (tertiary/aromatic N) is 1. The topological polar surface area (TPSA) is 41.6 Å². The minimum absolute atomic E-state index is 0.0404. The van der Waals surface area contributed by atoms with Gasteiger partial charge in [-0.3, -0.25) is 9.69 Å². The van der Waals surface area contributed by atoms with Crippen molar-refractivity contribution in [1.82, 2.24) is 10.2 Å². The van der Waals surface area contributed by atoms with Crippen molar-refractivity contribution in [2.45, 2.75) is 63.6 Å². The van der Waals surface area contributed by atoms with Crippen LogP contribution in [0.25, 0.3) is 0 Å². The maximum absolute atomic E-state index is 12.1. The number of hydrogen-bond donors (Lipinski definition) is 1. The lowest BCUT2D eigenvalue weighted by Gasteiger charge is -2.36. The van der Waals surface area contributed by atoms with Crippen LogP contribution in [0, 0.1) is 0 Å². The van der Waals surface area contributed by atoms with Crippen LogP contribution in [0.4, 0.5) is 0 Å². The van der Waals surface area contributed by atoms with Crippen molar-refractivity contribution >= 4 is 5.91 Å². The lowest BCUT2D eigenvalue weighted by atomic mass is 9.91. The lowest BCUT2D eigenvalue weighted by molar-refractivity contribution is -0.130. The zero-order valence-corrected chi connectivity index (χ0v) is 14.4. The predicted octanol–water partition coefficient (Wildman–Crippen LogP) is 2.43. The van der Waals surface area contributed by atoms with Crippen molar-refractivity contribution in [2.75, 3.05) is 19.7 Å². The summed E-state index contributed by atoms with van der Waals surface area (Å²) in [5, 5.41) is 3.03. The van der Waals surface area contributed by atoms with Gasteiger partial charge in [-0.05, 0) is 55.2 Å². The first-order chi connectivity index (χ1) is 11.8. The first-order valence-corrected chi connectivity index (χ1v) is 9.53. The summed E-state index contributed by atoms with van der Waals surface area (Å²) in [6.07, 6.45) is 8.09. The van der Waals surface area contributed by atoms with E-state index in [4.69, 9.17) is 4.74 Å². The number of rotatable bonds is 4. The van der Waals surface area contributed by atoms with E-state index in [1.54, 1.807) is 0 Å². The molecule has 4 rings (SSSR count). The Morgan fingerprint density at radius 1 is 1.12 bits per heavy atom. The highest BCUT2D eigenvalue weighted by Gasteiger charge is 2.26. The minimum atomic E-state index is -0.234. The Bertz CT molecular complexity index is 591. The van der Waals surface area contributed by atoms with Gasteiger partial charge in [0, 0.05) is 32.3 Å². The van der Waals surface area contributed by atoms with Crippen molar-refractivity contribution < 1.29 is 9.53 Å². The Labute approximate surface area is 144 Å². The van der Waals surface area contributed by atoms with Gasteiger partial charge < -0.3 is 10.1 Å². The third kappa shape index (κ3) is 3.50. The number of fused-ring (bicyclic) bond motifs is 1. The zero-order valence-electron chi connectivity index (χ0n) is 14.4. The lowest BCUT2D eigenvalue weighted by Crippen LogP contribution is -2.41. The largest absolute Gasteiger partial charge is 0.368 e. The van der Waals surface area contributed by atoms with E-state index in [1.165, 1.54) is 49.0 Å². The Morgan fingerprint density at radius 2 is 1.96 bits per heavy atom. The molecule has 2 fully saturated rings. The summed E-state index contributed by atoms with van der Waals surface area (Å²) >= 11 is 0. The van der Waals surface area contributed by atoms with E-state index in [1.807, 2.05) is 0 Å². The van der Waals surface area contributed by atoms with Crippen LogP contribution in [0.3, 0.4) is 0 Å². The highest BCUT2D eigenvalue weighted by atomic mass is 16.5. The third-order valence-electron chi connectivity index (χ3n) is 5.89.